The van der Waals surface area contributed by atoms with Crippen LogP contribution in [0.1, 0.15) is 35.4 Å². The van der Waals surface area contributed by atoms with E-state index in [1.54, 1.807) is 24.3 Å². The highest BCUT2D eigenvalue weighted by Crippen LogP contribution is 2.26. The first-order valence-corrected chi connectivity index (χ1v) is 10.9. The van der Waals surface area contributed by atoms with Crippen molar-refractivity contribution in [1.29, 1.82) is 0 Å². The first-order chi connectivity index (χ1) is 13.5. The summed E-state index contributed by atoms with van der Waals surface area (Å²) in [6.07, 6.45) is 4.40. The molecule has 4 N–H and O–H groups in total. The molecule has 1 aliphatic carbocycles. The number of hydrogen-bond donors (Lipinski definition) is 4. The lowest BCUT2D eigenvalue weighted by Crippen LogP contribution is -2.44. The van der Waals surface area contributed by atoms with E-state index in [1.807, 2.05) is 0 Å². The van der Waals surface area contributed by atoms with Gasteiger partial charge in [0.05, 0.1) is 17.7 Å². The highest BCUT2D eigenvalue weighted by atomic mass is 32.2. The molecule has 1 saturated heterocycles. The number of nitrogens with one attached hydrogen (secondary N) is 4. The van der Waals surface area contributed by atoms with E-state index in [2.05, 4.69) is 20.9 Å². The summed E-state index contributed by atoms with van der Waals surface area (Å²) >= 11 is 0. The van der Waals surface area contributed by atoms with E-state index in [-0.39, 0.29) is 23.4 Å². The molecule has 1 saturated carbocycles. The van der Waals surface area contributed by atoms with Crippen LogP contribution in [-0.2, 0) is 16.6 Å². The Bertz CT molecular complexity index is 912. The number of rotatable bonds is 6. The van der Waals surface area contributed by atoms with Crippen LogP contribution in [-0.4, -0.2) is 33.0 Å². The molecule has 3 atom stereocenters. The largest absolute Gasteiger partial charge is 0.468 e. The Morgan fingerprint density at radius 3 is 2.75 bits per heavy atom. The number of amides is 1. The van der Waals surface area contributed by atoms with Crippen molar-refractivity contribution in [3.05, 3.63) is 54.0 Å². The lowest BCUT2D eigenvalue weighted by Gasteiger charge is -2.31. The maximum atomic E-state index is 12.5. The zero-order chi connectivity index (χ0) is 19.6. The summed E-state index contributed by atoms with van der Waals surface area (Å²) in [6.45, 7) is 1.000. The average Bonchev–Trinajstić information content (AvgIpc) is 3.38. The van der Waals surface area contributed by atoms with Crippen LogP contribution in [0.5, 0.6) is 0 Å². The molecule has 2 aromatic rings. The van der Waals surface area contributed by atoms with Crippen LogP contribution in [0.3, 0.4) is 0 Å². The Kier molecular flexibility index (Phi) is 5.49. The third kappa shape index (κ3) is 4.27. The minimum atomic E-state index is -3.67. The summed E-state index contributed by atoms with van der Waals surface area (Å²) in [6, 6.07) is 10.0. The molecule has 8 nitrogen and oxygen atoms in total. The van der Waals surface area contributed by atoms with Crippen molar-refractivity contribution in [1.82, 2.24) is 20.9 Å². The number of furan rings is 1. The van der Waals surface area contributed by atoms with Crippen LogP contribution in [0, 0.1) is 5.92 Å². The quantitative estimate of drug-likeness (QED) is 0.574. The van der Waals surface area contributed by atoms with Crippen molar-refractivity contribution in [2.45, 2.75) is 42.8 Å². The number of carbonyl (C=O) groups excluding carboxylic acids is 1. The summed E-state index contributed by atoms with van der Waals surface area (Å²) in [4.78, 5) is 12.6. The van der Waals surface area contributed by atoms with Crippen molar-refractivity contribution in [2.24, 2.45) is 5.92 Å². The molecule has 28 heavy (non-hydrogen) atoms. The highest BCUT2D eigenvalue weighted by Gasteiger charge is 2.34. The van der Waals surface area contributed by atoms with Gasteiger partial charge in [-0.15, -0.1) is 0 Å². The molecule has 4 rings (SSSR count). The van der Waals surface area contributed by atoms with Gasteiger partial charge in [-0.2, -0.15) is 0 Å². The van der Waals surface area contributed by atoms with Crippen LogP contribution in [0.25, 0.3) is 0 Å². The molecular weight excluding hydrogens is 380 g/mol. The van der Waals surface area contributed by atoms with Gasteiger partial charge in [-0.05, 0) is 61.6 Å². The second-order valence-corrected chi connectivity index (χ2v) is 9.07. The summed E-state index contributed by atoms with van der Waals surface area (Å²) in [5, 5.41) is 3.08. The summed E-state index contributed by atoms with van der Waals surface area (Å²) in [7, 11) is -3.67. The Balaban J connectivity index is 1.35. The number of hydrazine groups is 1. The second kappa shape index (κ2) is 8.04. The van der Waals surface area contributed by atoms with Crippen molar-refractivity contribution < 1.29 is 17.6 Å². The molecule has 0 radical (unpaired) electrons. The van der Waals surface area contributed by atoms with E-state index in [0.29, 0.717) is 23.3 Å². The van der Waals surface area contributed by atoms with E-state index < -0.39 is 10.0 Å². The van der Waals surface area contributed by atoms with Crippen molar-refractivity contribution in [2.75, 3.05) is 6.54 Å². The standard InChI is InChI=1S/C19H24N4O4S/c24-19(22-15-5-8-18-14(10-15)11-20-23-18)13-3-6-17(7-4-13)28(25,26)21-12-16-2-1-9-27-16/h1-4,6-7,9,14-15,18,20-21,23H,5,8,10-12H2,(H,22,24). The van der Waals surface area contributed by atoms with Gasteiger partial charge in [0.1, 0.15) is 5.76 Å². The molecule has 150 valence electrons. The van der Waals surface area contributed by atoms with Crippen LogP contribution < -0.4 is 20.9 Å². The molecule has 2 fully saturated rings. The van der Waals surface area contributed by atoms with Crippen LogP contribution in [0.2, 0.25) is 0 Å². The normalized spacial score (nSPS) is 24.6. The van der Waals surface area contributed by atoms with Crippen molar-refractivity contribution in [3.8, 4) is 0 Å². The van der Waals surface area contributed by atoms with Gasteiger partial charge >= 0.3 is 0 Å². The molecule has 2 heterocycles. The van der Waals surface area contributed by atoms with E-state index in [9.17, 15) is 13.2 Å². The van der Waals surface area contributed by atoms with E-state index in [1.165, 1.54) is 18.4 Å². The van der Waals surface area contributed by atoms with Gasteiger partial charge < -0.3 is 9.73 Å². The number of sulfonamides is 1. The van der Waals surface area contributed by atoms with E-state index >= 15 is 0 Å². The minimum Gasteiger partial charge on any atom is -0.468 e. The maximum absolute atomic E-state index is 12.5. The molecule has 1 aromatic heterocycles. The van der Waals surface area contributed by atoms with Gasteiger partial charge in [-0.1, -0.05) is 0 Å². The smallest absolute Gasteiger partial charge is 0.251 e. The molecular formula is C19H24N4O4S. The summed E-state index contributed by atoms with van der Waals surface area (Å²) in [5.41, 5.74) is 6.90. The third-order valence-electron chi connectivity index (χ3n) is 5.41. The predicted molar refractivity (Wildman–Crippen MR) is 103 cm³/mol. The number of hydrogen-bond acceptors (Lipinski definition) is 6. The van der Waals surface area contributed by atoms with Gasteiger partial charge in [0.2, 0.25) is 10.0 Å². The number of carbonyl (C=O) groups is 1. The fourth-order valence-electron chi connectivity index (χ4n) is 3.85. The van der Waals surface area contributed by atoms with E-state index in [4.69, 9.17) is 4.42 Å². The first-order valence-electron chi connectivity index (χ1n) is 9.42. The summed E-state index contributed by atoms with van der Waals surface area (Å²) in [5.74, 6) is 0.892. The Hall–Kier alpha value is -2.20. The second-order valence-electron chi connectivity index (χ2n) is 7.30. The number of benzene rings is 1. The molecule has 3 unspecified atom stereocenters. The minimum absolute atomic E-state index is 0.0745. The zero-order valence-corrected chi connectivity index (χ0v) is 16.2. The van der Waals surface area contributed by atoms with E-state index in [0.717, 1.165) is 25.8 Å². The highest BCUT2D eigenvalue weighted by molar-refractivity contribution is 7.89. The van der Waals surface area contributed by atoms with Gasteiger partial charge in [0.15, 0.2) is 0 Å². The zero-order valence-electron chi connectivity index (χ0n) is 15.4. The van der Waals surface area contributed by atoms with Crippen LogP contribution >= 0.6 is 0 Å². The fraction of sp³-hybridized carbons (Fsp3) is 0.421. The van der Waals surface area contributed by atoms with Gasteiger partial charge in [0, 0.05) is 24.2 Å². The third-order valence-corrected chi connectivity index (χ3v) is 6.83. The van der Waals surface area contributed by atoms with Crippen LogP contribution in [0.4, 0.5) is 0 Å². The Morgan fingerprint density at radius 2 is 2.00 bits per heavy atom. The lowest BCUT2D eigenvalue weighted by atomic mass is 9.83. The SMILES string of the molecule is O=C(NC1CCC2NNCC2C1)c1ccc(S(=O)(=O)NCc2ccco2)cc1. The molecule has 0 bridgehead atoms. The van der Waals surface area contributed by atoms with Gasteiger partial charge in [0.25, 0.3) is 5.91 Å². The van der Waals surface area contributed by atoms with Gasteiger partial charge in [-0.25, -0.2) is 13.1 Å². The van der Waals surface area contributed by atoms with Gasteiger partial charge in [-0.3, -0.25) is 15.6 Å². The Labute approximate surface area is 164 Å². The van der Waals surface area contributed by atoms with Crippen molar-refractivity contribution >= 4 is 15.9 Å². The first kappa shape index (κ1) is 19.1. The maximum Gasteiger partial charge on any atom is 0.251 e. The molecule has 2 aliphatic rings. The topological polar surface area (TPSA) is 112 Å². The molecule has 1 aromatic carbocycles. The lowest BCUT2D eigenvalue weighted by molar-refractivity contribution is 0.0918. The molecule has 1 aliphatic heterocycles. The molecule has 0 spiro atoms. The van der Waals surface area contributed by atoms with Crippen LogP contribution in [0.15, 0.2) is 52.0 Å². The average molecular weight is 404 g/mol. The number of fused-ring (bicyclic) bond motifs is 1. The molecule has 9 heteroatoms. The Morgan fingerprint density at radius 1 is 1.18 bits per heavy atom. The molecule has 1 amide bonds. The summed E-state index contributed by atoms with van der Waals surface area (Å²) < 4.78 is 32.3. The fourth-order valence-corrected chi connectivity index (χ4v) is 4.84. The van der Waals surface area contributed by atoms with Crippen molar-refractivity contribution in [3.63, 3.8) is 0 Å². The monoisotopic (exact) mass is 404 g/mol. The predicted octanol–water partition coefficient (Wildman–Crippen LogP) is 1.13.